The molecule has 1 aliphatic heterocycles. The molecule has 10 nitrogen and oxygen atoms in total. The summed E-state index contributed by atoms with van der Waals surface area (Å²) in [5, 5.41) is 8.55. The fraction of sp³-hybridized carbons (Fsp3) is 0.826. The van der Waals surface area contributed by atoms with E-state index in [0.717, 1.165) is 13.1 Å². The normalized spacial score (nSPS) is 16.6. The van der Waals surface area contributed by atoms with Gasteiger partial charge in [-0.2, -0.15) is 0 Å². The summed E-state index contributed by atoms with van der Waals surface area (Å²) in [6, 6.07) is -1.72. The maximum Gasteiger partial charge on any atom is 0.408 e. The predicted molar refractivity (Wildman–Crippen MR) is 126 cm³/mol. The van der Waals surface area contributed by atoms with Gasteiger partial charge in [0.1, 0.15) is 17.7 Å². The van der Waals surface area contributed by atoms with E-state index in [1.165, 1.54) is 0 Å². The molecule has 1 saturated heterocycles. The molecule has 0 saturated carbocycles. The predicted octanol–water partition coefficient (Wildman–Crippen LogP) is 1.60. The summed E-state index contributed by atoms with van der Waals surface area (Å²) in [7, 11) is 0. The van der Waals surface area contributed by atoms with Gasteiger partial charge >= 0.3 is 6.09 Å². The Hall–Kier alpha value is -2.36. The summed E-state index contributed by atoms with van der Waals surface area (Å²) in [5.74, 6) is -1.12. The minimum atomic E-state index is -0.860. The minimum Gasteiger partial charge on any atom is -0.444 e. The van der Waals surface area contributed by atoms with Gasteiger partial charge in [0, 0.05) is 5.92 Å². The first kappa shape index (κ1) is 28.7. The minimum absolute atomic E-state index is 0.114. The monoisotopic (exact) mass is 469 g/mol. The molecule has 190 valence electrons. The van der Waals surface area contributed by atoms with Gasteiger partial charge in [0.25, 0.3) is 5.91 Å². The highest BCUT2D eigenvalue weighted by atomic mass is 16.6. The maximum atomic E-state index is 13.0. The Kier molecular flexibility index (Phi) is 11.6. The van der Waals surface area contributed by atoms with Crippen molar-refractivity contribution in [3.8, 4) is 0 Å². The van der Waals surface area contributed by atoms with E-state index in [-0.39, 0.29) is 23.7 Å². The molecule has 10 heteroatoms. The molecule has 0 aliphatic carbocycles. The quantitative estimate of drug-likeness (QED) is 0.325. The first-order valence-corrected chi connectivity index (χ1v) is 11.9. The molecule has 1 rings (SSSR count). The molecule has 1 aliphatic rings. The fourth-order valence-electron chi connectivity index (χ4n) is 3.52. The number of hydrogen-bond donors (Lipinski definition) is 5. The smallest absolute Gasteiger partial charge is 0.408 e. The summed E-state index contributed by atoms with van der Waals surface area (Å²) >= 11 is 0. The number of carbonyl (C=O) groups is 4. The van der Waals surface area contributed by atoms with Crippen molar-refractivity contribution < 1.29 is 23.9 Å². The highest BCUT2D eigenvalue weighted by Crippen LogP contribution is 2.12. The molecular weight excluding hydrogens is 426 g/mol. The molecular formula is C23H43N5O5. The van der Waals surface area contributed by atoms with E-state index in [2.05, 4.69) is 26.8 Å². The van der Waals surface area contributed by atoms with E-state index in [1.807, 2.05) is 27.7 Å². The van der Waals surface area contributed by atoms with E-state index in [9.17, 15) is 19.2 Å². The molecule has 0 aromatic heterocycles. The Morgan fingerprint density at radius 1 is 0.848 bits per heavy atom. The Balaban J connectivity index is 2.78. The van der Waals surface area contributed by atoms with Crippen LogP contribution in [0.25, 0.3) is 0 Å². The summed E-state index contributed by atoms with van der Waals surface area (Å²) in [6.45, 7) is 14.5. The Bertz CT molecular complexity index is 669. The Morgan fingerprint density at radius 2 is 1.36 bits per heavy atom. The number of alkyl carbamates (subject to hydrolysis) is 1. The molecule has 0 aromatic rings. The number of rotatable bonds is 9. The average Bonchev–Trinajstić information content (AvgIpc) is 2.69. The molecule has 1 heterocycles. The van der Waals surface area contributed by atoms with Gasteiger partial charge in [-0.1, -0.05) is 27.7 Å². The Labute approximate surface area is 197 Å². The van der Waals surface area contributed by atoms with Crippen LogP contribution in [-0.4, -0.2) is 54.6 Å². The number of ether oxygens (including phenoxy) is 1. The van der Waals surface area contributed by atoms with Gasteiger partial charge in [0.15, 0.2) is 0 Å². The van der Waals surface area contributed by atoms with Gasteiger partial charge in [0.05, 0.1) is 0 Å². The third kappa shape index (κ3) is 11.9. The molecule has 2 atom stereocenters. The summed E-state index contributed by atoms with van der Waals surface area (Å²) < 4.78 is 5.28. The van der Waals surface area contributed by atoms with Crippen LogP contribution >= 0.6 is 0 Å². The highest BCUT2D eigenvalue weighted by molar-refractivity contribution is 5.92. The molecule has 0 spiro atoms. The van der Waals surface area contributed by atoms with Crippen LogP contribution in [-0.2, 0) is 19.1 Å². The lowest BCUT2D eigenvalue weighted by atomic mass is 9.98. The lowest BCUT2D eigenvalue weighted by Gasteiger charge is -2.27. The van der Waals surface area contributed by atoms with Gasteiger partial charge in [-0.25, -0.2) is 4.79 Å². The van der Waals surface area contributed by atoms with Gasteiger partial charge in [-0.3, -0.25) is 25.2 Å². The van der Waals surface area contributed by atoms with Crippen LogP contribution in [0.2, 0.25) is 0 Å². The van der Waals surface area contributed by atoms with E-state index in [4.69, 9.17) is 4.74 Å². The van der Waals surface area contributed by atoms with Crippen LogP contribution in [0.3, 0.4) is 0 Å². The van der Waals surface area contributed by atoms with Crippen molar-refractivity contribution in [2.45, 2.75) is 91.8 Å². The van der Waals surface area contributed by atoms with Gasteiger partial charge in [-0.05, 0) is 71.4 Å². The summed E-state index contributed by atoms with van der Waals surface area (Å²) in [6.07, 6.45) is 1.49. The molecule has 0 radical (unpaired) electrons. The number of hydrazine groups is 1. The number of carbonyl (C=O) groups excluding carboxylic acids is 4. The van der Waals surface area contributed by atoms with E-state index < -0.39 is 35.6 Å². The zero-order chi connectivity index (χ0) is 25.2. The van der Waals surface area contributed by atoms with Crippen LogP contribution in [0.15, 0.2) is 0 Å². The van der Waals surface area contributed by atoms with Crippen LogP contribution < -0.4 is 26.8 Å². The number of hydrogen-bond acceptors (Lipinski definition) is 6. The number of nitrogens with one attached hydrogen (secondary N) is 5. The summed E-state index contributed by atoms with van der Waals surface area (Å²) in [5.41, 5.74) is 4.25. The van der Waals surface area contributed by atoms with Crippen molar-refractivity contribution in [3.05, 3.63) is 0 Å². The first-order valence-electron chi connectivity index (χ1n) is 11.9. The molecule has 4 amide bonds. The largest absolute Gasteiger partial charge is 0.444 e. The molecule has 0 bridgehead atoms. The van der Waals surface area contributed by atoms with Crippen molar-refractivity contribution in [1.82, 2.24) is 26.8 Å². The van der Waals surface area contributed by atoms with E-state index >= 15 is 0 Å². The van der Waals surface area contributed by atoms with Crippen molar-refractivity contribution in [2.24, 2.45) is 17.8 Å². The Morgan fingerprint density at radius 3 is 1.85 bits per heavy atom. The molecule has 1 fully saturated rings. The number of piperidine rings is 1. The third-order valence-electron chi connectivity index (χ3n) is 5.07. The molecule has 0 unspecified atom stereocenters. The molecule has 33 heavy (non-hydrogen) atoms. The topological polar surface area (TPSA) is 138 Å². The van der Waals surface area contributed by atoms with E-state index in [0.29, 0.717) is 25.7 Å². The van der Waals surface area contributed by atoms with Crippen LogP contribution in [0.5, 0.6) is 0 Å². The standard InChI is InChI=1S/C23H43N5O5/c1-14(2)12-17(26-22(32)33-23(5,6)7)20(30)25-18(13-15(3)4)21(31)28-27-19(29)16-8-10-24-11-9-16/h14-18,24H,8-13H2,1-7H3,(H,25,30)(H,26,32)(H,27,29)(H,28,31)/t17-,18-/m0/s1. The second kappa shape index (κ2) is 13.4. The fourth-order valence-corrected chi connectivity index (χ4v) is 3.52. The highest BCUT2D eigenvalue weighted by Gasteiger charge is 2.30. The SMILES string of the molecule is CC(C)C[C@H](NC(=O)OC(C)(C)C)C(=O)N[C@@H](CC(C)C)C(=O)NNC(=O)C1CCNCC1. The van der Waals surface area contributed by atoms with Crippen molar-refractivity contribution in [2.75, 3.05) is 13.1 Å². The summed E-state index contributed by atoms with van der Waals surface area (Å²) in [4.78, 5) is 50.4. The van der Waals surface area contributed by atoms with E-state index in [1.54, 1.807) is 20.8 Å². The van der Waals surface area contributed by atoms with Crippen LogP contribution in [0.4, 0.5) is 4.79 Å². The lowest BCUT2D eigenvalue weighted by Crippen LogP contribution is -2.57. The first-order chi connectivity index (χ1) is 15.3. The van der Waals surface area contributed by atoms with Gasteiger partial charge in [-0.15, -0.1) is 0 Å². The zero-order valence-corrected chi connectivity index (χ0v) is 21.2. The number of amides is 4. The zero-order valence-electron chi connectivity index (χ0n) is 21.2. The maximum absolute atomic E-state index is 13.0. The van der Waals surface area contributed by atoms with Crippen LogP contribution in [0, 0.1) is 17.8 Å². The van der Waals surface area contributed by atoms with Crippen LogP contribution in [0.1, 0.15) is 74.1 Å². The van der Waals surface area contributed by atoms with Gasteiger partial charge < -0.3 is 20.7 Å². The third-order valence-corrected chi connectivity index (χ3v) is 5.07. The second-order valence-corrected chi connectivity index (χ2v) is 10.5. The van der Waals surface area contributed by atoms with Crippen molar-refractivity contribution >= 4 is 23.8 Å². The average molecular weight is 470 g/mol. The van der Waals surface area contributed by atoms with Crippen molar-refractivity contribution in [1.29, 1.82) is 0 Å². The van der Waals surface area contributed by atoms with Gasteiger partial charge in [0.2, 0.25) is 11.8 Å². The molecule has 5 N–H and O–H groups in total. The lowest BCUT2D eigenvalue weighted by molar-refractivity contribution is -0.134. The molecule has 0 aromatic carbocycles. The second-order valence-electron chi connectivity index (χ2n) is 10.5. The van der Waals surface area contributed by atoms with Crippen molar-refractivity contribution in [3.63, 3.8) is 0 Å².